The van der Waals surface area contributed by atoms with Crippen LogP contribution < -0.4 is 5.32 Å². The molecular formula is C18H23N3O3S. The molecule has 2 aromatic rings. The van der Waals surface area contributed by atoms with Crippen molar-refractivity contribution in [1.82, 2.24) is 9.88 Å². The Morgan fingerprint density at radius 2 is 2.12 bits per heavy atom. The summed E-state index contributed by atoms with van der Waals surface area (Å²) < 4.78 is 6.44. The van der Waals surface area contributed by atoms with Crippen LogP contribution in [0.3, 0.4) is 0 Å². The molecule has 1 aliphatic heterocycles. The quantitative estimate of drug-likeness (QED) is 0.879. The fraction of sp³-hybridized carbons (Fsp3) is 0.500. The molecule has 25 heavy (non-hydrogen) atoms. The van der Waals surface area contributed by atoms with Crippen molar-refractivity contribution in [3.8, 4) is 0 Å². The zero-order chi connectivity index (χ0) is 18.2. The number of amides is 2. The average molecular weight is 361 g/mol. The first-order valence-electron chi connectivity index (χ1n) is 8.40. The van der Waals surface area contributed by atoms with Gasteiger partial charge in [-0.3, -0.25) is 9.69 Å². The van der Waals surface area contributed by atoms with E-state index in [4.69, 9.17) is 4.74 Å². The van der Waals surface area contributed by atoms with Crippen molar-refractivity contribution < 1.29 is 14.3 Å². The predicted molar refractivity (Wildman–Crippen MR) is 98.9 cm³/mol. The van der Waals surface area contributed by atoms with Gasteiger partial charge in [0.15, 0.2) is 5.13 Å². The van der Waals surface area contributed by atoms with Gasteiger partial charge in [0, 0.05) is 6.54 Å². The van der Waals surface area contributed by atoms with Gasteiger partial charge in [-0.1, -0.05) is 17.4 Å². The number of hydrogen-bond donors (Lipinski definition) is 1. The van der Waals surface area contributed by atoms with Gasteiger partial charge in [0.05, 0.1) is 10.2 Å². The van der Waals surface area contributed by atoms with Crippen molar-refractivity contribution in [2.24, 2.45) is 0 Å². The van der Waals surface area contributed by atoms with Crippen LogP contribution in [0, 0.1) is 6.92 Å². The highest BCUT2D eigenvalue weighted by molar-refractivity contribution is 7.22. The normalized spacial score (nSPS) is 17.8. The Morgan fingerprint density at radius 1 is 1.36 bits per heavy atom. The lowest BCUT2D eigenvalue weighted by molar-refractivity contribution is -0.120. The molecule has 7 heteroatoms. The molecule has 1 aliphatic rings. The summed E-state index contributed by atoms with van der Waals surface area (Å²) in [7, 11) is 0. The predicted octanol–water partition coefficient (Wildman–Crippen LogP) is 3.94. The van der Waals surface area contributed by atoms with Crippen molar-refractivity contribution in [3.05, 3.63) is 23.8 Å². The minimum Gasteiger partial charge on any atom is -0.444 e. The molecule has 0 bridgehead atoms. The van der Waals surface area contributed by atoms with E-state index in [1.807, 2.05) is 45.9 Å². The zero-order valence-corrected chi connectivity index (χ0v) is 15.8. The molecule has 1 N–H and O–H groups in total. The maximum Gasteiger partial charge on any atom is 0.410 e. The summed E-state index contributed by atoms with van der Waals surface area (Å²) in [5.74, 6) is -0.209. The van der Waals surface area contributed by atoms with Gasteiger partial charge in [0.1, 0.15) is 11.6 Å². The lowest BCUT2D eigenvalue weighted by Crippen LogP contribution is -2.45. The molecule has 1 aromatic carbocycles. The highest BCUT2D eigenvalue weighted by Gasteiger charge is 2.36. The van der Waals surface area contributed by atoms with E-state index in [0.29, 0.717) is 18.1 Å². The highest BCUT2D eigenvalue weighted by atomic mass is 32.1. The van der Waals surface area contributed by atoms with Crippen LogP contribution in [0.15, 0.2) is 18.2 Å². The summed E-state index contributed by atoms with van der Waals surface area (Å²) >= 11 is 1.44. The number of anilines is 1. The fourth-order valence-electron chi connectivity index (χ4n) is 2.85. The maximum atomic E-state index is 12.6. The molecule has 1 fully saturated rings. The van der Waals surface area contributed by atoms with E-state index in [0.717, 1.165) is 22.2 Å². The Balaban J connectivity index is 1.71. The molecule has 1 atom stereocenters. The van der Waals surface area contributed by atoms with Gasteiger partial charge in [-0.25, -0.2) is 9.78 Å². The number of thiazole rings is 1. The summed E-state index contributed by atoms with van der Waals surface area (Å²) in [5.41, 5.74) is 1.44. The third-order valence-corrected chi connectivity index (χ3v) is 4.89. The Morgan fingerprint density at radius 3 is 2.84 bits per heavy atom. The molecule has 0 radical (unpaired) electrons. The van der Waals surface area contributed by atoms with E-state index in [1.54, 1.807) is 0 Å². The number of nitrogens with zero attached hydrogens (tertiary/aromatic N) is 2. The summed E-state index contributed by atoms with van der Waals surface area (Å²) in [5, 5.41) is 3.42. The van der Waals surface area contributed by atoms with Gasteiger partial charge in [-0.15, -0.1) is 0 Å². The third kappa shape index (κ3) is 4.10. The molecule has 1 saturated heterocycles. The summed E-state index contributed by atoms with van der Waals surface area (Å²) in [6.45, 7) is 8.01. The van der Waals surface area contributed by atoms with E-state index in [1.165, 1.54) is 16.2 Å². The number of aromatic nitrogens is 1. The van der Waals surface area contributed by atoms with Gasteiger partial charge in [0.25, 0.3) is 0 Å². The van der Waals surface area contributed by atoms with Crippen LogP contribution in [-0.2, 0) is 9.53 Å². The molecule has 2 amide bonds. The number of carbonyl (C=O) groups is 2. The highest BCUT2D eigenvalue weighted by Crippen LogP contribution is 2.28. The molecule has 0 saturated carbocycles. The molecule has 3 rings (SSSR count). The minimum absolute atomic E-state index is 0.209. The van der Waals surface area contributed by atoms with Crippen molar-refractivity contribution >= 4 is 38.7 Å². The smallest absolute Gasteiger partial charge is 0.410 e. The largest absolute Gasteiger partial charge is 0.444 e. The van der Waals surface area contributed by atoms with Gasteiger partial charge in [-0.2, -0.15) is 0 Å². The second kappa shape index (κ2) is 6.63. The Hall–Kier alpha value is -2.15. The molecule has 1 aromatic heterocycles. The van der Waals surface area contributed by atoms with E-state index in [9.17, 15) is 9.59 Å². The van der Waals surface area contributed by atoms with Gasteiger partial charge in [0.2, 0.25) is 5.91 Å². The van der Waals surface area contributed by atoms with Crippen LogP contribution in [0.25, 0.3) is 10.2 Å². The van der Waals surface area contributed by atoms with Crippen molar-refractivity contribution in [3.63, 3.8) is 0 Å². The van der Waals surface area contributed by atoms with E-state index < -0.39 is 17.7 Å². The number of fused-ring (bicyclic) bond motifs is 1. The number of carbonyl (C=O) groups excluding carboxylic acids is 2. The van der Waals surface area contributed by atoms with Crippen LogP contribution in [-0.4, -0.2) is 40.1 Å². The average Bonchev–Trinajstić information content (AvgIpc) is 3.10. The van der Waals surface area contributed by atoms with Crippen molar-refractivity contribution in [2.45, 2.75) is 52.2 Å². The minimum atomic E-state index is -0.578. The van der Waals surface area contributed by atoms with Crippen LogP contribution in [0.1, 0.15) is 39.2 Å². The van der Waals surface area contributed by atoms with E-state index in [2.05, 4.69) is 10.3 Å². The Bertz CT molecular complexity index is 809. The fourth-order valence-corrected chi connectivity index (χ4v) is 3.82. The Kier molecular flexibility index (Phi) is 4.69. The molecule has 0 spiro atoms. The Labute approximate surface area is 151 Å². The van der Waals surface area contributed by atoms with Crippen LogP contribution >= 0.6 is 11.3 Å². The number of hydrogen-bond acceptors (Lipinski definition) is 5. The number of rotatable bonds is 2. The van der Waals surface area contributed by atoms with Gasteiger partial charge >= 0.3 is 6.09 Å². The SMILES string of the molecule is Cc1ccc2nc(NC(=O)[C@@H]3CCCN3C(=O)OC(C)(C)C)sc2c1. The van der Waals surface area contributed by atoms with Crippen LogP contribution in [0.2, 0.25) is 0 Å². The maximum absolute atomic E-state index is 12.6. The number of ether oxygens (including phenoxy) is 1. The van der Waals surface area contributed by atoms with Crippen molar-refractivity contribution in [2.75, 3.05) is 11.9 Å². The first kappa shape index (κ1) is 17.7. The topological polar surface area (TPSA) is 71.5 Å². The summed E-state index contributed by atoms with van der Waals surface area (Å²) in [6, 6.07) is 5.48. The number of likely N-dealkylation sites (tertiary alicyclic amines) is 1. The molecule has 0 aliphatic carbocycles. The summed E-state index contributed by atoms with van der Waals surface area (Å²) in [6.07, 6.45) is 0.982. The first-order valence-corrected chi connectivity index (χ1v) is 9.22. The standard InChI is InChI=1S/C18H23N3O3S/c1-11-7-8-12-14(10-11)25-16(19-12)20-15(22)13-6-5-9-21(13)17(23)24-18(2,3)4/h7-8,10,13H,5-6,9H2,1-4H3,(H,19,20,22)/t13-/m0/s1. The molecule has 6 nitrogen and oxygen atoms in total. The van der Waals surface area contributed by atoms with E-state index in [-0.39, 0.29) is 5.91 Å². The van der Waals surface area contributed by atoms with Crippen LogP contribution in [0.5, 0.6) is 0 Å². The summed E-state index contributed by atoms with van der Waals surface area (Å²) in [4.78, 5) is 30.9. The monoisotopic (exact) mass is 361 g/mol. The first-order chi connectivity index (χ1) is 11.7. The molecular weight excluding hydrogens is 338 g/mol. The number of aryl methyl sites for hydroxylation is 1. The van der Waals surface area contributed by atoms with Gasteiger partial charge < -0.3 is 10.1 Å². The third-order valence-electron chi connectivity index (χ3n) is 3.96. The second-order valence-corrected chi connectivity index (χ2v) is 8.34. The van der Waals surface area contributed by atoms with E-state index >= 15 is 0 Å². The lowest BCUT2D eigenvalue weighted by Gasteiger charge is -2.27. The second-order valence-electron chi connectivity index (χ2n) is 7.31. The lowest BCUT2D eigenvalue weighted by atomic mass is 10.2. The molecule has 2 heterocycles. The number of nitrogens with one attached hydrogen (secondary N) is 1. The van der Waals surface area contributed by atoms with Crippen LogP contribution in [0.4, 0.5) is 9.93 Å². The molecule has 134 valence electrons. The molecule has 0 unspecified atom stereocenters. The number of benzene rings is 1. The van der Waals surface area contributed by atoms with Gasteiger partial charge in [-0.05, 0) is 58.2 Å². The zero-order valence-electron chi connectivity index (χ0n) is 15.0. The van der Waals surface area contributed by atoms with Crippen molar-refractivity contribution in [1.29, 1.82) is 0 Å².